The Bertz CT molecular complexity index is 1070. The Hall–Kier alpha value is -3.62. The van der Waals surface area contributed by atoms with Crippen molar-refractivity contribution >= 4 is 11.9 Å². The zero-order valence-corrected chi connectivity index (χ0v) is 16.2. The first-order valence-electron chi connectivity index (χ1n) is 9.44. The number of aliphatic carboxylic acids is 1. The van der Waals surface area contributed by atoms with Crippen molar-refractivity contribution in [3.05, 3.63) is 65.5 Å². The normalized spacial score (nSPS) is 15.7. The molecule has 30 heavy (non-hydrogen) atoms. The van der Waals surface area contributed by atoms with E-state index in [9.17, 15) is 19.1 Å². The van der Waals surface area contributed by atoms with Gasteiger partial charge < -0.3 is 14.5 Å². The second-order valence-corrected chi connectivity index (χ2v) is 7.27. The Morgan fingerprint density at radius 1 is 1.13 bits per heavy atom. The van der Waals surface area contributed by atoms with E-state index in [1.165, 1.54) is 12.1 Å². The highest BCUT2D eigenvalue weighted by atomic mass is 19.1. The standard InChI is InChI=1S/C21H19FN4O4/c1-13-24-18(30-25-13)14-2-4-15(5-3-14)19(27)26-10-8-21(9-11-26,20(28)29)17-7-6-16(22)12-23-17/h2-7,12H,8-11H2,1H3,(H,28,29). The first kappa shape index (κ1) is 19.7. The molecule has 1 amide bonds. The molecule has 1 aromatic carbocycles. The zero-order valence-electron chi connectivity index (χ0n) is 16.2. The summed E-state index contributed by atoms with van der Waals surface area (Å²) in [5.74, 6) is -0.827. The number of hydrogen-bond acceptors (Lipinski definition) is 6. The Morgan fingerprint density at radius 2 is 1.83 bits per heavy atom. The van der Waals surface area contributed by atoms with Crippen molar-refractivity contribution in [1.29, 1.82) is 0 Å². The summed E-state index contributed by atoms with van der Waals surface area (Å²) in [6.07, 6.45) is 1.42. The predicted molar refractivity (Wildman–Crippen MR) is 103 cm³/mol. The first-order valence-corrected chi connectivity index (χ1v) is 9.44. The van der Waals surface area contributed by atoms with Gasteiger partial charge in [0.05, 0.1) is 11.9 Å². The van der Waals surface area contributed by atoms with E-state index in [1.54, 1.807) is 36.1 Å². The molecular weight excluding hydrogens is 391 g/mol. The number of hydrogen-bond donors (Lipinski definition) is 1. The number of benzene rings is 1. The van der Waals surface area contributed by atoms with Gasteiger partial charge >= 0.3 is 5.97 Å². The fraction of sp³-hybridized carbons (Fsp3) is 0.286. The predicted octanol–water partition coefficient (Wildman–Crippen LogP) is 2.84. The van der Waals surface area contributed by atoms with E-state index in [4.69, 9.17) is 4.52 Å². The molecule has 0 spiro atoms. The van der Waals surface area contributed by atoms with Crippen LogP contribution in [0, 0.1) is 12.7 Å². The van der Waals surface area contributed by atoms with Gasteiger partial charge in [-0.3, -0.25) is 14.6 Å². The number of amides is 1. The van der Waals surface area contributed by atoms with Gasteiger partial charge in [-0.1, -0.05) is 5.16 Å². The minimum absolute atomic E-state index is 0.186. The molecular formula is C21H19FN4O4. The molecule has 0 bridgehead atoms. The van der Waals surface area contributed by atoms with E-state index < -0.39 is 17.2 Å². The lowest BCUT2D eigenvalue weighted by atomic mass is 9.75. The summed E-state index contributed by atoms with van der Waals surface area (Å²) in [5, 5.41) is 13.6. The molecule has 154 valence electrons. The number of nitrogens with zero attached hydrogens (tertiary/aromatic N) is 4. The fourth-order valence-corrected chi connectivity index (χ4v) is 3.68. The molecule has 0 radical (unpaired) electrons. The lowest BCUT2D eigenvalue weighted by Crippen LogP contribution is -2.49. The third kappa shape index (κ3) is 3.54. The van der Waals surface area contributed by atoms with E-state index in [1.807, 2.05) is 0 Å². The number of pyridine rings is 1. The highest BCUT2D eigenvalue weighted by molar-refractivity contribution is 5.95. The Kier molecular flexibility index (Phi) is 5.03. The molecule has 2 aromatic heterocycles. The van der Waals surface area contributed by atoms with Crippen LogP contribution in [0.1, 0.15) is 34.7 Å². The van der Waals surface area contributed by atoms with Gasteiger partial charge in [0.15, 0.2) is 5.82 Å². The third-order valence-electron chi connectivity index (χ3n) is 5.44. The second kappa shape index (κ2) is 7.66. The summed E-state index contributed by atoms with van der Waals surface area (Å²) in [6.45, 7) is 2.24. The SMILES string of the molecule is Cc1noc(-c2ccc(C(=O)N3CCC(C(=O)O)(c4ccc(F)cn4)CC3)cc2)n1. The van der Waals surface area contributed by atoms with Crippen LogP contribution in [0.3, 0.4) is 0 Å². The molecule has 9 heteroatoms. The van der Waals surface area contributed by atoms with Crippen molar-refractivity contribution in [3.8, 4) is 11.5 Å². The molecule has 4 rings (SSSR count). The van der Waals surface area contributed by atoms with Crippen LogP contribution in [-0.4, -0.2) is 50.1 Å². The summed E-state index contributed by atoms with van der Waals surface area (Å²) >= 11 is 0. The molecule has 3 heterocycles. The molecule has 3 aromatic rings. The summed E-state index contributed by atoms with van der Waals surface area (Å²) < 4.78 is 18.3. The molecule has 0 unspecified atom stereocenters. The van der Waals surface area contributed by atoms with E-state index in [-0.39, 0.29) is 31.8 Å². The Balaban J connectivity index is 1.48. The number of aromatic nitrogens is 3. The smallest absolute Gasteiger partial charge is 0.315 e. The van der Waals surface area contributed by atoms with Gasteiger partial charge in [0, 0.05) is 24.2 Å². The average Bonchev–Trinajstić information content (AvgIpc) is 3.20. The monoisotopic (exact) mass is 410 g/mol. The summed E-state index contributed by atoms with van der Waals surface area (Å²) in [6, 6.07) is 9.42. The van der Waals surface area contributed by atoms with Gasteiger partial charge in [-0.25, -0.2) is 4.39 Å². The van der Waals surface area contributed by atoms with Crippen LogP contribution in [0.15, 0.2) is 47.1 Å². The Morgan fingerprint density at radius 3 is 2.37 bits per heavy atom. The third-order valence-corrected chi connectivity index (χ3v) is 5.44. The number of piperidine rings is 1. The highest BCUT2D eigenvalue weighted by Gasteiger charge is 2.45. The lowest BCUT2D eigenvalue weighted by molar-refractivity contribution is -0.146. The number of halogens is 1. The molecule has 1 fully saturated rings. The van der Waals surface area contributed by atoms with Gasteiger partial charge in [-0.05, 0) is 56.2 Å². The second-order valence-electron chi connectivity index (χ2n) is 7.27. The Labute approximate surface area is 171 Å². The quantitative estimate of drug-likeness (QED) is 0.704. The van der Waals surface area contributed by atoms with Crippen molar-refractivity contribution < 1.29 is 23.6 Å². The van der Waals surface area contributed by atoms with E-state index in [0.29, 0.717) is 28.5 Å². The summed E-state index contributed by atoms with van der Waals surface area (Å²) in [5.41, 5.74) is 0.267. The van der Waals surface area contributed by atoms with Crippen molar-refractivity contribution in [3.63, 3.8) is 0 Å². The van der Waals surface area contributed by atoms with Gasteiger partial charge in [0.1, 0.15) is 11.2 Å². The van der Waals surface area contributed by atoms with Crippen LogP contribution in [0.2, 0.25) is 0 Å². The van der Waals surface area contributed by atoms with Crippen LogP contribution in [0.25, 0.3) is 11.5 Å². The van der Waals surface area contributed by atoms with Crippen LogP contribution in [-0.2, 0) is 10.2 Å². The average molecular weight is 410 g/mol. The minimum Gasteiger partial charge on any atom is -0.481 e. The molecule has 1 aliphatic rings. The topological polar surface area (TPSA) is 109 Å². The maximum Gasteiger partial charge on any atom is 0.315 e. The van der Waals surface area contributed by atoms with Crippen molar-refractivity contribution in [2.75, 3.05) is 13.1 Å². The van der Waals surface area contributed by atoms with Gasteiger partial charge in [-0.15, -0.1) is 0 Å². The number of aryl methyl sites for hydroxylation is 1. The number of likely N-dealkylation sites (tertiary alicyclic amines) is 1. The number of rotatable bonds is 4. The number of carbonyl (C=O) groups is 2. The number of carboxylic acid groups (broad SMARTS) is 1. The molecule has 0 saturated carbocycles. The van der Waals surface area contributed by atoms with Gasteiger partial charge in [-0.2, -0.15) is 4.98 Å². The molecule has 1 N–H and O–H groups in total. The van der Waals surface area contributed by atoms with E-state index in [2.05, 4.69) is 15.1 Å². The zero-order chi connectivity index (χ0) is 21.3. The van der Waals surface area contributed by atoms with Crippen LogP contribution in [0.5, 0.6) is 0 Å². The van der Waals surface area contributed by atoms with Crippen molar-refractivity contribution in [1.82, 2.24) is 20.0 Å². The number of carboxylic acids is 1. The maximum absolute atomic E-state index is 13.2. The lowest BCUT2D eigenvalue weighted by Gasteiger charge is -2.38. The van der Waals surface area contributed by atoms with E-state index >= 15 is 0 Å². The molecule has 1 aliphatic heterocycles. The molecule has 8 nitrogen and oxygen atoms in total. The first-order chi connectivity index (χ1) is 14.4. The molecule has 0 aliphatic carbocycles. The largest absolute Gasteiger partial charge is 0.481 e. The van der Waals surface area contributed by atoms with Crippen LogP contribution >= 0.6 is 0 Å². The maximum atomic E-state index is 13.2. The van der Waals surface area contributed by atoms with Gasteiger partial charge in [0.25, 0.3) is 11.8 Å². The van der Waals surface area contributed by atoms with Crippen molar-refractivity contribution in [2.45, 2.75) is 25.2 Å². The van der Waals surface area contributed by atoms with E-state index in [0.717, 1.165) is 6.20 Å². The molecule has 1 saturated heterocycles. The number of carbonyl (C=O) groups excluding carboxylic acids is 1. The van der Waals surface area contributed by atoms with Gasteiger partial charge in [0.2, 0.25) is 0 Å². The molecule has 0 atom stereocenters. The van der Waals surface area contributed by atoms with Crippen LogP contribution in [0.4, 0.5) is 4.39 Å². The highest BCUT2D eigenvalue weighted by Crippen LogP contribution is 2.35. The van der Waals surface area contributed by atoms with Crippen LogP contribution < -0.4 is 0 Å². The minimum atomic E-state index is -1.23. The summed E-state index contributed by atoms with van der Waals surface area (Å²) in [7, 11) is 0. The summed E-state index contributed by atoms with van der Waals surface area (Å²) in [4.78, 5) is 34.7. The fourth-order valence-electron chi connectivity index (χ4n) is 3.68. The van der Waals surface area contributed by atoms with Crippen molar-refractivity contribution in [2.24, 2.45) is 0 Å².